The summed E-state index contributed by atoms with van der Waals surface area (Å²) in [6.45, 7) is 10.4. The number of hydrogen-bond donors (Lipinski definition) is 1. The molecule has 0 saturated heterocycles. The number of aromatic nitrogens is 2. The zero-order chi connectivity index (χ0) is 14.3. The fourth-order valence-electron chi connectivity index (χ4n) is 2.22. The van der Waals surface area contributed by atoms with E-state index in [1.165, 1.54) is 12.8 Å². The van der Waals surface area contributed by atoms with E-state index >= 15 is 0 Å². The van der Waals surface area contributed by atoms with Gasteiger partial charge in [-0.15, -0.1) is 0 Å². The van der Waals surface area contributed by atoms with Crippen LogP contribution in [0.4, 0.5) is 0 Å². The smallest absolute Gasteiger partial charge is 0.314 e. The molecule has 0 radical (unpaired) electrons. The van der Waals surface area contributed by atoms with Crippen LogP contribution in [-0.2, 0) is 6.54 Å². The molecule has 19 heavy (non-hydrogen) atoms. The SMILES string of the molecule is CCCNC(C)CCCCn1ccn(C(C)C)c1=O. The Balaban J connectivity index is 2.28. The van der Waals surface area contributed by atoms with Crippen molar-refractivity contribution < 1.29 is 0 Å². The molecule has 4 heteroatoms. The van der Waals surface area contributed by atoms with Gasteiger partial charge in [0.15, 0.2) is 0 Å². The lowest BCUT2D eigenvalue weighted by molar-refractivity contribution is 0.469. The summed E-state index contributed by atoms with van der Waals surface area (Å²) in [5, 5.41) is 3.49. The fourth-order valence-corrected chi connectivity index (χ4v) is 2.22. The molecule has 1 atom stereocenters. The van der Waals surface area contributed by atoms with Crippen molar-refractivity contribution in [2.45, 2.75) is 72.0 Å². The van der Waals surface area contributed by atoms with Gasteiger partial charge < -0.3 is 5.32 Å². The summed E-state index contributed by atoms with van der Waals surface area (Å²) in [6.07, 6.45) is 8.39. The van der Waals surface area contributed by atoms with Gasteiger partial charge in [-0.1, -0.05) is 13.3 Å². The van der Waals surface area contributed by atoms with Crippen molar-refractivity contribution in [3.63, 3.8) is 0 Å². The Hall–Kier alpha value is -1.03. The first-order chi connectivity index (χ1) is 9.06. The Morgan fingerprint density at radius 2 is 1.95 bits per heavy atom. The van der Waals surface area contributed by atoms with Crippen molar-refractivity contribution in [1.82, 2.24) is 14.5 Å². The van der Waals surface area contributed by atoms with Gasteiger partial charge in [-0.05, 0) is 46.6 Å². The number of nitrogens with one attached hydrogen (secondary N) is 1. The monoisotopic (exact) mass is 267 g/mol. The van der Waals surface area contributed by atoms with Crippen molar-refractivity contribution in [2.24, 2.45) is 0 Å². The number of nitrogens with zero attached hydrogens (tertiary/aromatic N) is 2. The highest BCUT2D eigenvalue weighted by Crippen LogP contribution is 2.04. The average molecular weight is 267 g/mol. The van der Waals surface area contributed by atoms with Crippen molar-refractivity contribution in [1.29, 1.82) is 0 Å². The highest BCUT2D eigenvalue weighted by Gasteiger charge is 2.06. The first-order valence-electron chi connectivity index (χ1n) is 7.57. The van der Waals surface area contributed by atoms with E-state index in [2.05, 4.69) is 19.2 Å². The van der Waals surface area contributed by atoms with Crippen LogP contribution in [0.3, 0.4) is 0 Å². The number of unbranched alkanes of at least 4 members (excludes halogenated alkanes) is 1. The van der Waals surface area contributed by atoms with Crippen molar-refractivity contribution >= 4 is 0 Å². The first-order valence-corrected chi connectivity index (χ1v) is 7.57. The van der Waals surface area contributed by atoms with Crippen LogP contribution in [0.5, 0.6) is 0 Å². The van der Waals surface area contributed by atoms with E-state index in [0.717, 1.165) is 25.9 Å². The van der Waals surface area contributed by atoms with Gasteiger partial charge in [0, 0.05) is 31.0 Å². The zero-order valence-electron chi connectivity index (χ0n) is 12.9. The van der Waals surface area contributed by atoms with Gasteiger partial charge in [0.25, 0.3) is 0 Å². The maximum Gasteiger partial charge on any atom is 0.328 e. The standard InChI is InChI=1S/C15H29N3O/c1-5-9-16-14(4)8-6-7-10-17-11-12-18(13(2)3)15(17)19/h11-14,16H,5-10H2,1-4H3. The van der Waals surface area contributed by atoms with Gasteiger partial charge in [-0.3, -0.25) is 9.13 Å². The second-order valence-electron chi connectivity index (χ2n) is 5.63. The molecule has 0 bridgehead atoms. The van der Waals surface area contributed by atoms with Crippen LogP contribution in [0.25, 0.3) is 0 Å². The number of imidazole rings is 1. The van der Waals surface area contributed by atoms with E-state index in [9.17, 15) is 4.79 Å². The lowest BCUT2D eigenvalue weighted by atomic mass is 10.1. The van der Waals surface area contributed by atoms with Crippen LogP contribution in [0.2, 0.25) is 0 Å². The van der Waals surface area contributed by atoms with Crippen LogP contribution in [-0.4, -0.2) is 21.7 Å². The van der Waals surface area contributed by atoms with E-state index in [-0.39, 0.29) is 11.7 Å². The van der Waals surface area contributed by atoms with Crippen LogP contribution < -0.4 is 11.0 Å². The van der Waals surface area contributed by atoms with E-state index < -0.39 is 0 Å². The second kappa shape index (κ2) is 8.20. The molecule has 1 aromatic rings. The lowest BCUT2D eigenvalue weighted by Gasteiger charge is -2.12. The van der Waals surface area contributed by atoms with E-state index in [1.54, 1.807) is 4.57 Å². The highest BCUT2D eigenvalue weighted by atomic mass is 16.1. The summed E-state index contributed by atoms with van der Waals surface area (Å²) in [6, 6.07) is 0.823. The summed E-state index contributed by atoms with van der Waals surface area (Å²) in [5.74, 6) is 0. The number of hydrogen-bond acceptors (Lipinski definition) is 2. The summed E-state index contributed by atoms with van der Waals surface area (Å²) in [7, 11) is 0. The number of rotatable bonds is 9. The molecule has 110 valence electrons. The summed E-state index contributed by atoms with van der Waals surface area (Å²) < 4.78 is 3.61. The molecular formula is C15H29N3O. The summed E-state index contributed by atoms with van der Waals surface area (Å²) >= 11 is 0. The Bertz CT molecular complexity index is 406. The maximum atomic E-state index is 12.0. The molecule has 0 fully saturated rings. The van der Waals surface area contributed by atoms with Crippen LogP contribution in [0.1, 0.15) is 59.4 Å². The molecule has 0 aliphatic carbocycles. The number of aryl methyl sites for hydroxylation is 1. The Morgan fingerprint density at radius 3 is 2.53 bits per heavy atom. The minimum absolute atomic E-state index is 0.118. The molecule has 1 heterocycles. The molecule has 1 unspecified atom stereocenters. The van der Waals surface area contributed by atoms with Crippen molar-refractivity contribution in [3.8, 4) is 0 Å². The van der Waals surface area contributed by atoms with E-state index in [0.29, 0.717) is 6.04 Å². The van der Waals surface area contributed by atoms with Gasteiger partial charge in [0.1, 0.15) is 0 Å². The van der Waals surface area contributed by atoms with Gasteiger partial charge in [-0.25, -0.2) is 4.79 Å². The predicted molar refractivity (Wildman–Crippen MR) is 80.7 cm³/mol. The van der Waals surface area contributed by atoms with Crippen LogP contribution in [0, 0.1) is 0 Å². The third-order valence-corrected chi connectivity index (χ3v) is 3.46. The molecule has 0 aliphatic rings. The molecule has 0 amide bonds. The van der Waals surface area contributed by atoms with Crippen LogP contribution >= 0.6 is 0 Å². The molecule has 0 aromatic carbocycles. The van der Waals surface area contributed by atoms with E-state index in [1.807, 2.05) is 30.8 Å². The minimum Gasteiger partial charge on any atom is -0.314 e. The van der Waals surface area contributed by atoms with Gasteiger partial charge in [0.05, 0.1) is 0 Å². The Morgan fingerprint density at radius 1 is 1.21 bits per heavy atom. The zero-order valence-corrected chi connectivity index (χ0v) is 12.9. The van der Waals surface area contributed by atoms with Crippen molar-refractivity contribution in [2.75, 3.05) is 6.54 Å². The van der Waals surface area contributed by atoms with Crippen molar-refractivity contribution in [3.05, 3.63) is 22.9 Å². The third-order valence-electron chi connectivity index (χ3n) is 3.46. The highest BCUT2D eigenvalue weighted by molar-refractivity contribution is 4.83. The molecule has 1 N–H and O–H groups in total. The molecule has 4 nitrogen and oxygen atoms in total. The maximum absolute atomic E-state index is 12.0. The molecule has 0 aliphatic heterocycles. The quantitative estimate of drug-likeness (QED) is 0.699. The largest absolute Gasteiger partial charge is 0.328 e. The predicted octanol–water partition coefficient (Wildman–Crippen LogP) is 2.79. The van der Waals surface area contributed by atoms with Gasteiger partial charge >= 0.3 is 5.69 Å². The second-order valence-corrected chi connectivity index (χ2v) is 5.63. The summed E-state index contributed by atoms with van der Waals surface area (Å²) in [4.78, 5) is 12.0. The van der Waals surface area contributed by atoms with Crippen LogP contribution in [0.15, 0.2) is 17.2 Å². The normalized spacial score (nSPS) is 13.1. The van der Waals surface area contributed by atoms with Gasteiger partial charge in [-0.2, -0.15) is 0 Å². The minimum atomic E-state index is 0.118. The topological polar surface area (TPSA) is 39.0 Å². The van der Waals surface area contributed by atoms with Gasteiger partial charge in [0.2, 0.25) is 0 Å². The average Bonchev–Trinajstić information content (AvgIpc) is 2.74. The molecule has 1 rings (SSSR count). The molecule has 1 aromatic heterocycles. The fraction of sp³-hybridized carbons (Fsp3) is 0.800. The lowest BCUT2D eigenvalue weighted by Crippen LogP contribution is -2.27. The van der Waals surface area contributed by atoms with E-state index in [4.69, 9.17) is 0 Å². The Labute approximate surface area is 116 Å². The third kappa shape index (κ3) is 5.23. The molecular weight excluding hydrogens is 238 g/mol. The first kappa shape index (κ1) is 16.0. The Kier molecular flexibility index (Phi) is 6.92. The molecule has 0 spiro atoms. The molecule has 0 saturated carbocycles. The summed E-state index contributed by atoms with van der Waals surface area (Å²) in [5.41, 5.74) is 0.118.